The number of benzene rings is 1. The fraction of sp³-hybridized carbons (Fsp3) is 0.407. The van der Waals surface area contributed by atoms with E-state index in [-0.39, 0.29) is 12.0 Å². The lowest BCUT2D eigenvalue weighted by atomic mass is 9.82. The summed E-state index contributed by atoms with van der Waals surface area (Å²) in [6.45, 7) is 5.67. The second-order valence-corrected chi connectivity index (χ2v) is 9.94. The molecule has 2 aliphatic rings. The molecular formula is C27H28ClN3O3. The van der Waals surface area contributed by atoms with Crippen LogP contribution in [0.2, 0.25) is 5.02 Å². The molecule has 1 aromatic carbocycles. The minimum Gasteiger partial charge on any atom is -0.484 e. The van der Waals surface area contributed by atoms with E-state index in [1.54, 1.807) is 12.4 Å². The third kappa shape index (κ3) is 4.39. The highest BCUT2D eigenvalue weighted by atomic mass is 35.5. The number of carbonyl (C=O) groups is 1. The summed E-state index contributed by atoms with van der Waals surface area (Å²) in [6.07, 6.45) is 7.05. The number of rotatable bonds is 6. The second-order valence-electron chi connectivity index (χ2n) is 9.53. The zero-order valence-electron chi connectivity index (χ0n) is 19.6. The van der Waals surface area contributed by atoms with E-state index in [0.717, 1.165) is 65.2 Å². The van der Waals surface area contributed by atoms with Crippen molar-refractivity contribution in [2.45, 2.75) is 58.5 Å². The molecule has 0 amide bonds. The molecule has 0 unspecified atom stereocenters. The summed E-state index contributed by atoms with van der Waals surface area (Å²) in [7, 11) is 0. The van der Waals surface area contributed by atoms with Crippen LogP contribution in [0.15, 0.2) is 36.7 Å². The van der Waals surface area contributed by atoms with E-state index in [1.165, 1.54) is 0 Å². The van der Waals surface area contributed by atoms with Gasteiger partial charge in [-0.3, -0.25) is 14.8 Å². The molecule has 1 aliphatic carbocycles. The Hall–Kier alpha value is -2.99. The number of nitrogens with zero attached hydrogens (tertiary/aromatic N) is 3. The van der Waals surface area contributed by atoms with Gasteiger partial charge in [-0.05, 0) is 74.6 Å². The first-order valence-electron chi connectivity index (χ1n) is 11.8. The number of hydrogen-bond donors (Lipinski definition) is 1. The average molecular weight is 478 g/mol. The van der Waals surface area contributed by atoms with Crippen LogP contribution in [0.3, 0.4) is 0 Å². The van der Waals surface area contributed by atoms with Gasteiger partial charge in [0.15, 0.2) is 0 Å². The first-order valence-corrected chi connectivity index (χ1v) is 12.2. The largest absolute Gasteiger partial charge is 0.484 e. The van der Waals surface area contributed by atoms with Gasteiger partial charge >= 0.3 is 5.97 Å². The molecule has 3 heterocycles. The molecule has 7 heteroatoms. The van der Waals surface area contributed by atoms with Gasteiger partial charge in [-0.2, -0.15) is 0 Å². The number of pyridine rings is 1. The van der Waals surface area contributed by atoms with Crippen molar-refractivity contribution in [3.05, 3.63) is 69.9 Å². The van der Waals surface area contributed by atoms with Crippen LogP contribution in [0.4, 0.5) is 0 Å². The molecule has 3 aromatic rings. The number of aryl methyl sites for hydroxylation is 3. The van der Waals surface area contributed by atoms with Crippen molar-refractivity contribution in [3.63, 3.8) is 0 Å². The lowest BCUT2D eigenvalue weighted by molar-refractivity contribution is -0.142. The van der Waals surface area contributed by atoms with Crippen LogP contribution in [0.1, 0.15) is 66.4 Å². The van der Waals surface area contributed by atoms with E-state index >= 15 is 0 Å². The third-order valence-corrected chi connectivity index (χ3v) is 7.34. The van der Waals surface area contributed by atoms with Crippen LogP contribution in [-0.2, 0) is 11.2 Å². The molecule has 1 aliphatic heterocycles. The maximum atomic E-state index is 11.7. The highest BCUT2D eigenvalue weighted by Crippen LogP contribution is 2.48. The zero-order chi connectivity index (χ0) is 24.0. The molecule has 6 nitrogen and oxygen atoms in total. The van der Waals surface area contributed by atoms with Gasteiger partial charge in [-0.15, -0.1) is 0 Å². The van der Waals surface area contributed by atoms with Crippen molar-refractivity contribution in [3.8, 4) is 17.0 Å². The van der Waals surface area contributed by atoms with E-state index in [2.05, 4.69) is 23.2 Å². The summed E-state index contributed by atoms with van der Waals surface area (Å²) in [5, 5.41) is 10.2. The summed E-state index contributed by atoms with van der Waals surface area (Å²) in [5.41, 5.74) is 6.23. The van der Waals surface area contributed by atoms with Crippen molar-refractivity contribution < 1.29 is 14.6 Å². The van der Waals surface area contributed by atoms with Crippen molar-refractivity contribution in [1.82, 2.24) is 15.0 Å². The van der Waals surface area contributed by atoms with Gasteiger partial charge in [0.1, 0.15) is 17.5 Å². The summed E-state index contributed by atoms with van der Waals surface area (Å²) < 4.78 is 6.43. The highest BCUT2D eigenvalue weighted by Gasteiger charge is 2.39. The van der Waals surface area contributed by atoms with E-state index < -0.39 is 11.9 Å². The van der Waals surface area contributed by atoms with Crippen molar-refractivity contribution >= 4 is 17.6 Å². The number of ether oxygens (including phenoxy) is 1. The molecule has 176 valence electrons. The Labute approximate surface area is 204 Å². The Kier molecular flexibility index (Phi) is 6.02. The van der Waals surface area contributed by atoms with Crippen LogP contribution in [-0.4, -0.2) is 26.0 Å². The molecule has 5 rings (SSSR count). The van der Waals surface area contributed by atoms with E-state index in [4.69, 9.17) is 26.3 Å². The molecule has 0 spiro atoms. The summed E-state index contributed by atoms with van der Waals surface area (Å²) >= 11 is 6.34. The first kappa shape index (κ1) is 22.8. The molecule has 0 saturated heterocycles. The smallest absolute Gasteiger partial charge is 0.306 e. The fourth-order valence-electron chi connectivity index (χ4n) is 5.04. The molecular weight excluding hydrogens is 450 g/mol. The monoisotopic (exact) mass is 477 g/mol. The molecule has 1 saturated carbocycles. The van der Waals surface area contributed by atoms with Crippen LogP contribution < -0.4 is 4.74 Å². The van der Waals surface area contributed by atoms with Gasteiger partial charge in [-0.25, -0.2) is 4.98 Å². The van der Waals surface area contributed by atoms with Crippen LogP contribution >= 0.6 is 11.6 Å². The maximum absolute atomic E-state index is 11.7. The summed E-state index contributed by atoms with van der Waals surface area (Å²) in [6, 6.07) is 8.15. The SMILES string of the molecule is Cc1cc(-c2cnc([C@@H]3CCc4ccc([C@H](C5CC5)[C@H](C)C(=O)O)cc4O3)c(C)n2)c(Cl)cn1. The highest BCUT2D eigenvalue weighted by molar-refractivity contribution is 6.33. The number of hydrogen-bond acceptors (Lipinski definition) is 5. The van der Waals surface area contributed by atoms with Crippen molar-refractivity contribution in [1.29, 1.82) is 0 Å². The third-order valence-electron chi connectivity index (χ3n) is 7.04. The van der Waals surface area contributed by atoms with E-state index in [1.807, 2.05) is 26.8 Å². The van der Waals surface area contributed by atoms with E-state index in [9.17, 15) is 9.90 Å². The van der Waals surface area contributed by atoms with E-state index in [0.29, 0.717) is 16.6 Å². The quantitative estimate of drug-likeness (QED) is 0.462. The Bertz CT molecular complexity index is 1260. The Morgan fingerprint density at radius 2 is 1.94 bits per heavy atom. The molecule has 3 atom stereocenters. The van der Waals surface area contributed by atoms with Crippen molar-refractivity contribution in [2.24, 2.45) is 11.8 Å². The van der Waals surface area contributed by atoms with Crippen LogP contribution in [0.25, 0.3) is 11.3 Å². The van der Waals surface area contributed by atoms with Crippen molar-refractivity contribution in [2.75, 3.05) is 0 Å². The number of halogens is 1. The number of fused-ring (bicyclic) bond motifs is 1. The number of aromatic nitrogens is 3. The summed E-state index contributed by atoms with van der Waals surface area (Å²) in [4.78, 5) is 25.4. The van der Waals surface area contributed by atoms with Gasteiger partial charge in [0, 0.05) is 17.5 Å². The Balaban J connectivity index is 1.42. The topological polar surface area (TPSA) is 85.2 Å². The lowest BCUT2D eigenvalue weighted by Gasteiger charge is -2.28. The Morgan fingerprint density at radius 1 is 1.15 bits per heavy atom. The van der Waals surface area contributed by atoms with Gasteiger partial charge in [0.05, 0.1) is 28.5 Å². The van der Waals surface area contributed by atoms with Gasteiger partial charge in [0.2, 0.25) is 0 Å². The zero-order valence-corrected chi connectivity index (χ0v) is 20.3. The standard InChI is InChI=1S/C27H28ClN3O3/c1-14-10-20(21(28)12-29-14)22-13-30-26(16(3)31-22)23-9-8-17-4-7-19(11-24(17)34-23)25(18-5-6-18)15(2)27(32)33/h4,7,10-13,15,18,23,25H,5-6,8-9H2,1-3H3,(H,32,33)/t15-,23-,25-/m0/s1. The fourth-order valence-corrected chi connectivity index (χ4v) is 5.24. The summed E-state index contributed by atoms with van der Waals surface area (Å²) in [5.74, 6) is 0.113. The van der Waals surface area contributed by atoms with Gasteiger partial charge in [0.25, 0.3) is 0 Å². The number of carboxylic acid groups (broad SMARTS) is 1. The molecule has 1 fully saturated rings. The average Bonchev–Trinajstić information content (AvgIpc) is 3.65. The molecule has 2 aromatic heterocycles. The van der Waals surface area contributed by atoms with Crippen LogP contribution in [0.5, 0.6) is 5.75 Å². The second kappa shape index (κ2) is 8.99. The predicted octanol–water partition coefficient (Wildman–Crippen LogP) is 6.09. The van der Waals surface area contributed by atoms with Crippen LogP contribution in [0, 0.1) is 25.7 Å². The Morgan fingerprint density at radius 3 is 2.65 bits per heavy atom. The number of aliphatic carboxylic acids is 1. The number of carboxylic acids is 1. The maximum Gasteiger partial charge on any atom is 0.306 e. The first-order chi connectivity index (χ1) is 16.3. The molecule has 0 bridgehead atoms. The minimum absolute atomic E-state index is 0.0150. The molecule has 1 N–H and O–H groups in total. The molecule has 0 radical (unpaired) electrons. The lowest BCUT2D eigenvalue weighted by Crippen LogP contribution is -2.22. The molecule has 34 heavy (non-hydrogen) atoms. The van der Waals surface area contributed by atoms with Gasteiger partial charge in [-0.1, -0.05) is 30.7 Å². The predicted molar refractivity (Wildman–Crippen MR) is 130 cm³/mol. The normalized spacial score (nSPS) is 19.1. The minimum atomic E-state index is -0.746. The van der Waals surface area contributed by atoms with Gasteiger partial charge < -0.3 is 9.84 Å².